The molecule has 2 amide bonds. The molecule has 0 unspecified atom stereocenters. The number of nitrogens with zero attached hydrogens (tertiary/aromatic N) is 3. The molecule has 0 radical (unpaired) electrons. The van der Waals surface area contributed by atoms with Gasteiger partial charge < -0.3 is 25.0 Å². The molecule has 0 atom stereocenters. The second-order valence-electron chi connectivity index (χ2n) is 9.05. The number of methoxy groups -OCH3 is 2. The van der Waals surface area contributed by atoms with Crippen molar-refractivity contribution in [1.82, 2.24) is 14.9 Å². The Morgan fingerprint density at radius 1 is 1.00 bits per heavy atom. The maximum absolute atomic E-state index is 14.7. The van der Waals surface area contributed by atoms with Gasteiger partial charge in [-0.3, -0.25) is 9.59 Å². The lowest BCUT2D eigenvalue weighted by atomic mass is 10.1. The van der Waals surface area contributed by atoms with E-state index in [1.807, 2.05) is 13.8 Å². The molecule has 2 aromatic carbocycles. The largest absolute Gasteiger partial charge is 0.497 e. The van der Waals surface area contributed by atoms with Crippen molar-refractivity contribution in [3.8, 4) is 22.8 Å². The first-order chi connectivity index (χ1) is 20.3. The minimum atomic E-state index is -0.777. The van der Waals surface area contributed by atoms with Gasteiger partial charge in [-0.2, -0.15) is 0 Å². The Bertz CT molecular complexity index is 1590. The third-order valence-electron chi connectivity index (χ3n) is 6.36. The number of hydrogen-bond donors (Lipinski definition) is 2. The van der Waals surface area contributed by atoms with E-state index in [1.54, 1.807) is 42.3 Å². The summed E-state index contributed by atoms with van der Waals surface area (Å²) in [6.45, 7) is 5.69. The summed E-state index contributed by atoms with van der Waals surface area (Å²) >= 11 is 0. The Kier molecular flexibility index (Phi) is 9.31. The molecule has 0 fully saturated rings. The molecular weight excluding hydrogens is 544 g/mol. The maximum Gasteiger partial charge on any atom is 0.258 e. The van der Waals surface area contributed by atoms with Gasteiger partial charge in [-0.25, -0.2) is 18.7 Å². The molecule has 0 spiro atoms. The van der Waals surface area contributed by atoms with Crippen molar-refractivity contribution in [3.63, 3.8) is 0 Å². The molecule has 2 aromatic heterocycles. The van der Waals surface area contributed by atoms with Crippen LogP contribution in [0.3, 0.4) is 0 Å². The minimum absolute atomic E-state index is 0.0309. The van der Waals surface area contributed by atoms with Crippen LogP contribution < -0.4 is 20.1 Å². The fourth-order valence-corrected chi connectivity index (χ4v) is 4.53. The third kappa shape index (κ3) is 6.30. The van der Waals surface area contributed by atoms with Gasteiger partial charge in [0, 0.05) is 18.6 Å². The lowest BCUT2D eigenvalue weighted by Crippen LogP contribution is -2.24. The second-order valence-corrected chi connectivity index (χ2v) is 9.05. The van der Waals surface area contributed by atoms with Gasteiger partial charge >= 0.3 is 0 Å². The van der Waals surface area contributed by atoms with Crippen LogP contribution in [0.2, 0.25) is 0 Å². The molecule has 5 rings (SSSR count). The van der Waals surface area contributed by atoms with Gasteiger partial charge in [0.1, 0.15) is 29.0 Å². The van der Waals surface area contributed by atoms with Gasteiger partial charge in [-0.05, 0) is 42.5 Å². The van der Waals surface area contributed by atoms with E-state index in [0.717, 1.165) is 17.7 Å². The van der Waals surface area contributed by atoms with E-state index in [1.165, 1.54) is 32.4 Å². The topological polar surface area (TPSA) is 106 Å². The van der Waals surface area contributed by atoms with Gasteiger partial charge in [-0.15, -0.1) is 0 Å². The molecule has 0 bridgehead atoms. The standard InChI is InChI=1S/C29H25F2N5O4.C2H6/c1-16(37)33-18-8-10-26(32-13-18)35-23-12-22(27-20(30)5-4-6-21(27)31)34-24-15-36(29(38)28(23)24)14-17-7-9-19(39-2)11-25(17)40-3;1-2/h4-13H,14-15H2,1-3H3,(H,33,37)(H,32,34,35);1-2H3. The van der Waals surface area contributed by atoms with E-state index in [9.17, 15) is 18.4 Å². The summed E-state index contributed by atoms with van der Waals surface area (Å²) in [6, 6.07) is 13.6. The van der Waals surface area contributed by atoms with Gasteiger partial charge in [0.25, 0.3) is 5.91 Å². The number of carbonyl (C=O) groups is 2. The molecule has 0 aliphatic carbocycles. The highest BCUT2D eigenvalue weighted by Crippen LogP contribution is 2.37. The fraction of sp³-hybridized carbons (Fsp3) is 0.226. The number of benzene rings is 2. The molecule has 2 N–H and O–H groups in total. The fourth-order valence-electron chi connectivity index (χ4n) is 4.53. The summed E-state index contributed by atoms with van der Waals surface area (Å²) < 4.78 is 40.2. The quantitative estimate of drug-likeness (QED) is 0.253. The first kappa shape index (κ1) is 29.9. The summed E-state index contributed by atoms with van der Waals surface area (Å²) in [5.41, 5.74) is 1.87. The van der Waals surface area contributed by atoms with Crippen LogP contribution in [0.15, 0.2) is 60.8 Å². The van der Waals surface area contributed by atoms with Crippen LogP contribution in [-0.4, -0.2) is 40.9 Å². The molecule has 218 valence electrons. The highest BCUT2D eigenvalue weighted by atomic mass is 19.1. The monoisotopic (exact) mass is 575 g/mol. The van der Waals surface area contributed by atoms with Crippen LogP contribution in [0.5, 0.6) is 11.5 Å². The van der Waals surface area contributed by atoms with Crippen molar-refractivity contribution in [3.05, 3.63) is 89.2 Å². The van der Waals surface area contributed by atoms with E-state index in [0.29, 0.717) is 28.7 Å². The molecule has 11 heteroatoms. The highest BCUT2D eigenvalue weighted by Gasteiger charge is 2.33. The summed E-state index contributed by atoms with van der Waals surface area (Å²) in [5.74, 6) is -0.611. The maximum atomic E-state index is 14.7. The summed E-state index contributed by atoms with van der Waals surface area (Å²) in [4.78, 5) is 35.4. The Balaban J connectivity index is 0.00000198. The van der Waals surface area contributed by atoms with E-state index < -0.39 is 11.6 Å². The minimum Gasteiger partial charge on any atom is -0.497 e. The number of amides is 2. The number of ether oxygens (including phenoxy) is 2. The third-order valence-corrected chi connectivity index (χ3v) is 6.36. The van der Waals surface area contributed by atoms with Crippen molar-refractivity contribution in [2.75, 3.05) is 24.9 Å². The number of fused-ring (bicyclic) bond motifs is 1. The molecule has 3 heterocycles. The van der Waals surface area contributed by atoms with Crippen LogP contribution in [0.4, 0.5) is 26.0 Å². The number of halogens is 2. The van der Waals surface area contributed by atoms with Crippen molar-refractivity contribution < 1.29 is 27.8 Å². The zero-order chi connectivity index (χ0) is 30.4. The number of anilines is 3. The molecule has 0 saturated carbocycles. The Labute approximate surface area is 242 Å². The molecule has 42 heavy (non-hydrogen) atoms. The van der Waals surface area contributed by atoms with Gasteiger partial charge in [0.2, 0.25) is 5.91 Å². The van der Waals surface area contributed by atoms with E-state index in [4.69, 9.17) is 9.47 Å². The molecular formula is C31H31F2N5O4. The zero-order valence-corrected chi connectivity index (χ0v) is 23.9. The molecule has 1 aliphatic heterocycles. The molecule has 9 nitrogen and oxygen atoms in total. The van der Waals surface area contributed by atoms with Gasteiger partial charge in [-0.1, -0.05) is 19.9 Å². The highest BCUT2D eigenvalue weighted by molar-refractivity contribution is 6.04. The first-order valence-electron chi connectivity index (χ1n) is 13.3. The number of rotatable bonds is 8. The Morgan fingerprint density at radius 3 is 2.36 bits per heavy atom. The number of pyridine rings is 2. The van der Waals surface area contributed by atoms with E-state index >= 15 is 0 Å². The summed E-state index contributed by atoms with van der Waals surface area (Å²) in [6.07, 6.45) is 1.45. The van der Waals surface area contributed by atoms with Crippen molar-refractivity contribution in [2.24, 2.45) is 0 Å². The molecule has 1 aliphatic rings. The number of carbonyl (C=O) groups excluding carboxylic acids is 2. The van der Waals surface area contributed by atoms with Gasteiger partial charge in [0.15, 0.2) is 0 Å². The normalized spacial score (nSPS) is 11.8. The van der Waals surface area contributed by atoms with Crippen LogP contribution in [0, 0.1) is 11.6 Å². The number of nitrogens with one attached hydrogen (secondary N) is 2. The first-order valence-corrected chi connectivity index (χ1v) is 13.3. The summed E-state index contributed by atoms with van der Waals surface area (Å²) in [5, 5.41) is 5.72. The lowest BCUT2D eigenvalue weighted by molar-refractivity contribution is -0.114. The van der Waals surface area contributed by atoms with Crippen LogP contribution in [-0.2, 0) is 17.9 Å². The molecule has 0 saturated heterocycles. The van der Waals surface area contributed by atoms with E-state index in [-0.39, 0.29) is 47.4 Å². The van der Waals surface area contributed by atoms with Gasteiger partial charge in [0.05, 0.1) is 67.4 Å². The Hall–Kier alpha value is -5.06. The smallest absolute Gasteiger partial charge is 0.258 e. The van der Waals surface area contributed by atoms with Crippen LogP contribution >= 0.6 is 0 Å². The zero-order valence-electron chi connectivity index (χ0n) is 23.9. The second kappa shape index (κ2) is 13.1. The SMILES string of the molecule is CC.COc1ccc(CN2Cc3nc(-c4c(F)cccc4F)cc(Nc4ccc(NC(C)=O)cn4)c3C2=O)c(OC)c1. The van der Waals surface area contributed by atoms with Crippen molar-refractivity contribution >= 4 is 29.0 Å². The molecule has 4 aromatic rings. The van der Waals surface area contributed by atoms with Crippen molar-refractivity contribution in [1.29, 1.82) is 0 Å². The predicted molar refractivity (Wildman–Crippen MR) is 156 cm³/mol. The lowest BCUT2D eigenvalue weighted by Gasteiger charge is -2.18. The average Bonchev–Trinajstić information content (AvgIpc) is 3.29. The average molecular weight is 576 g/mol. The number of hydrogen-bond acceptors (Lipinski definition) is 7. The number of aromatic nitrogens is 2. The van der Waals surface area contributed by atoms with Crippen LogP contribution in [0.25, 0.3) is 11.3 Å². The van der Waals surface area contributed by atoms with Crippen molar-refractivity contribution in [2.45, 2.75) is 33.9 Å². The Morgan fingerprint density at radius 2 is 1.74 bits per heavy atom. The predicted octanol–water partition coefficient (Wildman–Crippen LogP) is 6.32. The van der Waals surface area contributed by atoms with Crippen LogP contribution in [0.1, 0.15) is 42.4 Å². The summed E-state index contributed by atoms with van der Waals surface area (Å²) in [7, 11) is 3.08. The van der Waals surface area contributed by atoms with E-state index in [2.05, 4.69) is 20.6 Å².